The summed E-state index contributed by atoms with van der Waals surface area (Å²) in [6.45, 7) is 34.6. The molecule has 38 heavy (non-hydrogen) atoms. The Morgan fingerprint density at radius 1 is 0.868 bits per heavy atom. The molecule has 4 nitrogen and oxygen atoms in total. The molecule has 223 valence electrons. The maximum atomic E-state index is 4.94. The van der Waals surface area contributed by atoms with E-state index in [-0.39, 0.29) is 39.9 Å². The molecule has 2 rings (SSSR count). The second-order valence-corrected chi connectivity index (χ2v) is 34.3. The van der Waals surface area contributed by atoms with Crippen LogP contribution in [0.2, 0.25) is 78.6 Å². The van der Waals surface area contributed by atoms with E-state index in [1.165, 1.54) is 32.1 Å². The Balaban J connectivity index is 0. The van der Waals surface area contributed by atoms with Gasteiger partial charge in [0.25, 0.3) is 0 Å². The Kier molecular flexibility index (Phi) is 20.1. The summed E-state index contributed by atoms with van der Waals surface area (Å²) < 4.78 is 9.64. The third-order valence-electron chi connectivity index (χ3n) is 5.85. The van der Waals surface area contributed by atoms with Gasteiger partial charge in [0, 0.05) is 6.21 Å². The molecule has 1 aliphatic carbocycles. The van der Waals surface area contributed by atoms with E-state index in [0.29, 0.717) is 6.04 Å². The fourth-order valence-electron chi connectivity index (χ4n) is 5.52. The van der Waals surface area contributed by atoms with E-state index in [0.717, 1.165) is 23.4 Å². The normalized spacial score (nSPS) is 20.8. The van der Waals surface area contributed by atoms with Crippen LogP contribution in [0.15, 0.2) is 23.3 Å². The molecule has 9 heteroatoms. The fourth-order valence-corrected chi connectivity index (χ4v) is 21.6. The Morgan fingerprint density at radius 3 is 1.66 bits per heavy atom. The van der Waals surface area contributed by atoms with Gasteiger partial charge in [-0.05, 0) is 37.0 Å². The van der Waals surface area contributed by atoms with Crippen molar-refractivity contribution in [1.29, 1.82) is 0 Å². The van der Waals surface area contributed by atoms with Crippen LogP contribution in [0.4, 0.5) is 0 Å². The predicted molar refractivity (Wildman–Crippen MR) is 182 cm³/mol. The van der Waals surface area contributed by atoms with Crippen molar-refractivity contribution in [2.75, 3.05) is 0 Å². The summed E-state index contributed by atoms with van der Waals surface area (Å²) in [4.78, 5) is 9.23. The summed E-state index contributed by atoms with van der Waals surface area (Å²) in [5.41, 5.74) is 1.00. The van der Waals surface area contributed by atoms with Gasteiger partial charge in [0.1, 0.15) is 0 Å². The van der Waals surface area contributed by atoms with Crippen LogP contribution in [0.3, 0.4) is 0 Å². The number of rotatable bonds is 9. The van der Waals surface area contributed by atoms with Crippen LogP contribution in [-0.2, 0) is 0 Å². The van der Waals surface area contributed by atoms with Crippen LogP contribution in [0, 0.1) is 57.7 Å². The molecule has 0 spiro atoms. The monoisotopic (exact) mass is 737 g/mol. The zero-order valence-corrected chi connectivity index (χ0v) is 34.1. The fraction of sp³-hybridized carbons (Fsp3) is 0.828. The van der Waals surface area contributed by atoms with Crippen molar-refractivity contribution >= 4 is 39.2 Å². The van der Waals surface area contributed by atoms with Crippen molar-refractivity contribution in [1.82, 2.24) is 4.98 Å². The minimum absolute atomic E-state index is 0. The van der Waals surface area contributed by atoms with E-state index in [1.807, 2.05) is 24.5 Å². The first-order valence-electron chi connectivity index (χ1n) is 14.7. The summed E-state index contributed by atoms with van der Waals surface area (Å²) in [5, 5.41) is 0. The van der Waals surface area contributed by atoms with Crippen LogP contribution in [0.1, 0.15) is 58.6 Å². The van der Waals surface area contributed by atoms with Crippen LogP contribution in [-0.4, -0.2) is 45.2 Å². The molecule has 1 fully saturated rings. The maximum absolute atomic E-state index is 4.94. The molecule has 3 atom stereocenters. The zero-order chi connectivity index (χ0) is 29.1. The number of hydrogen-bond acceptors (Lipinski definition) is 1. The first kappa shape index (κ1) is 41.2. The van der Waals surface area contributed by atoms with Gasteiger partial charge < -0.3 is 14.3 Å². The molecule has 0 aliphatic heterocycles. The quantitative estimate of drug-likeness (QED) is 0.184. The summed E-state index contributed by atoms with van der Waals surface area (Å²) in [6, 6.07) is 4.52. The zero-order valence-electron chi connectivity index (χ0n) is 27.8. The Hall–Kier alpha value is 1.06. The smallest absolute Gasteiger partial charge is 0.668 e. The van der Waals surface area contributed by atoms with Gasteiger partial charge in [0.15, 0.2) is 0 Å². The minimum Gasteiger partial charge on any atom is -0.668 e. The molecular formula is C29H63GdN4Si4. The van der Waals surface area contributed by atoms with Crippen LogP contribution in [0.5, 0.6) is 0 Å². The van der Waals surface area contributed by atoms with E-state index in [2.05, 4.69) is 104 Å². The van der Waals surface area contributed by atoms with Crippen molar-refractivity contribution in [3.63, 3.8) is 0 Å². The third-order valence-corrected chi connectivity index (χ3v) is 16.6. The summed E-state index contributed by atoms with van der Waals surface area (Å²) in [6.07, 6.45) is 10.5. The Bertz CT molecular complexity index is 691. The van der Waals surface area contributed by atoms with E-state index in [4.69, 9.17) is 14.3 Å². The van der Waals surface area contributed by atoms with Crippen LogP contribution >= 0.6 is 0 Å². The van der Waals surface area contributed by atoms with Gasteiger partial charge in [-0.1, -0.05) is 157 Å². The standard InChI is InChI=1S/C17H27N2.2C6H18NSi2.Gd/c1-4-7-14-8-5-10-16(13(2)3)17(14)19-12-15-9-6-11-18-15;2*1-8(2,3)7-9(4,5)6;/h6,9,11-14,16-17H,4-5,7-8,10H2,1-3H3;2*1-6H3;/q3*-1;+3. The molecule has 0 bridgehead atoms. The van der Waals surface area contributed by atoms with Crippen molar-refractivity contribution in [2.45, 2.75) is 137 Å². The Labute approximate surface area is 275 Å². The average Bonchev–Trinajstić information content (AvgIpc) is 3.15. The molecule has 1 heterocycles. The topological polar surface area (TPSA) is 54.7 Å². The van der Waals surface area contributed by atoms with Crippen molar-refractivity contribution in [3.8, 4) is 0 Å². The van der Waals surface area contributed by atoms with Gasteiger partial charge in [-0.2, -0.15) is 6.20 Å². The molecule has 0 N–H and O–H groups in total. The number of aliphatic imine (C=N–C) groups is 1. The van der Waals surface area contributed by atoms with E-state index in [9.17, 15) is 0 Å². The largest absolute Gasteiger partial charge is 3.00 e. The number of nitrogens with zero attached hydrogens (tertiary/aromatic N) is 4. The molecule has 0 saturated heterocycles. The summed E-state index contributed by atoms with van der Waals surface area (Å²) in [5.74, 6) is 2.25. The molecular weight excluding hydrogens is 674 g/mol. The average molecular weight is 737 g/mol. The molecule has 0 aromatic carbocycles. The van der Waals surface area contributed by atoms with Gasteiger partial charge >= 0.3 is 39.9 Å². The van der Waals surface area contributed by atoms with Gasteiger partial charge in [-0.3, -0.25) is 4.99 Å². The SMILES string of the molecule is CCCC1CCCC(C(C)C)C1N=Cc1ccc[n-]1.C[Si](C)(C)[N-][Si](C)(C)C.C[Si](C)(C)[N-][Si](C)(C)C.[Gd+3]. The van der Waals surface area contributed by atoms with Crippen LogP contribution < -0.4 is 4.98 Å². The third kappa shape index (κ3) is 22.7. The summed E-state index contributed by atoms with van der Waals surface area (Å²) >= 11 is 0. The van der Waals surface area contributed by atoms with Crippen molar-refractivity contribution in [2.24, 2.45) is 22.7 Å². The Morgan fingerprint density at radius 2 is 1.34 bits per heavy atom. The second kappa shape index (κ2) is 18.6. The van der Waals surface area contributed by atoms with Crippen LogP contribution in [0.25, 0.3) is 9.30 Å². The number of aromatic nitrogens is 1. The predicted octanol–water partition coefficient (Wildman–Crippen LogP) is 10.4. The first-order chi connectivity index (χ1) is 16.6. The molecule has 1 aliphatic rings. The van der Waals surface area contributed by atoms with E-state index in [1.54, 1.807) is 0 Å². The van der Waals surface area contributed by atoms with Gasteiger partial charge in [0.05, 0.1) is 6.04 Å². The minimum atomic E-state index is -1.11. The first-order valence-corrected chi connectivity index (χ1v) is 28.5. The molecule has 1 aromatic heterocycles. The molecule has 3 unspecified atom stereocenters. The molecule has 0 amide bonds. The van der Waals surface area contributed by atoms with E-state index < -0.39 is 32.9 Å². The molecule has 1 aromatic rings. The number of hydrogen-bond donors (Lipinski definition) is 0. The van der Waals surface area contributed by atoms with Gasteiger partial charge in [0.2, 0.25) is 0 Å². The van der Waals surface area contributed by atoms with Gasteiger partial charge in [-0.25, -0.2) is 0 Å². The molecule has 1 radical (unpaired) electrons. The maximum Gasteiger partial charge on any atom is 3.00 e. The summed E-state index contributed by atoms with van der Waals surface area (Å²) in [7, 11) is -4.42. The van der Waals surface area contributed by atoms with Crippen molar-refractivity contribution in [3.05, 3.63) is 33.3 Å². The molecule has 1 saturated carbocycles. The van der Waals surface area contributed by atoms with Crippen molar-refractivity contribution < 1.29 is 39.9 Å². The second-order valence-electron chi connectivity index (χ2n) is 15.1. The van der Waals surface area contributed by atoms with E-state index >= 15 is 0 Å². The van der Waals surface area contributed by atoms with Gasteiger partial charge in [-0.15, -0.1) is 5.69 Å².